The van der Waals surface area contributed by atoms with Crippen LogP contribution < -0.4 is 10.5 Å². The molecular formula is C11H18N2O4S2. The van der Waals surface area contributed by atoms with Crippen LogP contribution in [0.1, 0.15) is 31.1 Å². The number of hydrogen-bond acceptors (Lipinski definition) is 5. The van der Waals surface area contributed by atoms with Gasteiger partial charge in [0, 0.05) is 18.5 Å². The van der Waals surface area contributed by atoms with Gasteiger partial charge in [-0.2, -0.15) is 0 Å². The van der Waals surface area contributed by atoms with E-state index in [4.69, 9.17) is 9.88 Å². The van der Waals surface area contributed by atoms with Crippen molar-refractivity contribution in [1.29, 1.82) is 0 Å². The molecule has 0 saturated heterocycles. The lowest BCUT2D eigenvalue weighted by molar-refractivity contribution is -0.00815. The van der Waals surface area contributed by atoms with Crippen molar-refractivity contribution in [1.82, 2.24) is 5.32 Å². The molecule has 19 heavy (non-hydrogen) atoms. The second-order valence-corrected chi connectivity index (χ2v) is 7.27. The van der Waals surface area contributed by atoms with Crippen LogP contribution in [0.15, 0.2) is 15.7 Å². The predicted octanol–water partition coefficient (Wildman–Crippen LogP) is 0.940. The second kappa shape index (κ2) is 6.00. The Morgan fingerprint density at radius 1 is 1.53 bits per heavy atom. The molecule has 0 aliphatic rings. The first-order valence-electron chi connectivity index (χ1n) is 5.69. The number of amides is 1. The van der Waals surface area contributed by atoms with Crippen LogP contribution in [-0.4, -0.2) is 33.1 Å². The Balaban J connectivity index is 2.67. The lowest BCUT2D eigenvalue weighted by Crippen LogP contribution is -2.40. The van der Waals surface area contributed by atoms with Crippen molar-refractivity contribution >= 4 is 27.3 Å². The van der Waals surface area contributed by atoms with Gasteiger partial charge < -0.3 is 10.1 Å². The maximum absolute atomic E-state index is 11.8. The maximum Gasteiger partial charge on any atom is 0.252 e. The van der Waals surface area contributed by atoms with Crippen molar-refractivity contribution in [2.45, 2.75) is 30.6 Å². The summed E-state index contributed by atoms with van der Waals surface area (Å²) in [5.41, 5.74) is -0.190. The van der Waals surface area contributed by atoms with Gasteiger partial charge >= 0.3 is 0 Å². The van der Waals surface area contributed by atoms with E-state index in [1.54, 1.807) is 0 Å². The van der Waals surface area contributed by atoms with E-state index in [2.05, 4.69) is 5.32 Å². The highest BCUT2D eigenvalue weighted by molar-refractivity contribution is 7.91. The quantitative estimate of drug-likeness (QED) is 0.817. The van der Waals surface area contributed by atoms with E-state index in [1.165, 1.54) is 11.4 Å². The molecule has 0 aliphatic heterocycles. The third kappa shape index (κ3) is 4.90. The average molecular weight is 306 g/mol. The van der Waals surface area contributed by atoms with Crippen molar-refractivity contribution in [3.8, 4) is 0 Å². The summed E-state index contributed by atoms with van der Waals surface area (Å²) in [6.45, 7) is 6.48. The SMILES string of the molecule is CCOC(C)(C)CNC(=O)c1csc(S(N)(=O)=O)c1. The van der Waals surface area contributed by atoms with Crippen LogP contribution in [0.2, 0.25) is 0 Å². The molecule has 0 aliphatic carbocycles. The monoisotopic (exact) mass is 306 g/mol. The van der Waals surface area contributed by atoms with Crippen molar-refractivity contribution in [2.75, 3.05) is 13.2 Å². The molecule has 0 saturated carbocycles. The fourth-order valence-corrected chi connectivity index (χ4v) is 3.01. The summed E-state index contributed by atoms with van der Waals surface area (Å²) in [4.78, 5) is 11.8. The number of thiophene rings is 1. The highest BCUT2D eigenvalue weighted by atomic mass is 32.2. The summed E-state index contributed by atoms with van der Waals surface area (Å²) in [7, 11) is -3.75. The number of hydrogen-bond donors (Lipinski definition) is 2. The van der Waals surface area contributed by atoms with Gasteiger partial charge in [0.2, 0.25) is 10.0 Å². The molecule has 108 valence electrons. The van der Waals surface area contributed by atoms with Crippen molar-refractivity contribution in [3.05, 3.63) is 17.0 Å². The molecule has 0 spiro atoms. The lowest BCUT2D eigenvalue weighted by Gasteiger charge is -2.24. The van der Waals surface area contributed by atoms with Crippen LogP contribution in [-0.2, 0) is 14.8 Å². The van der Waals surface area contributed by atoms with Crippen molar-refractivity contribution in [2.24, 2.45) is 5.14 Å². The fourth-order valence-electron chi connectivity index (χ4n) is 1.42. The summed E-state index contributed by atoms with van der Waals surface area (Å²) < 4.78 is 27.6. The van der Waals surface area contributed by atoms with Gasteiger partial charge in [-0.25, -0.2) is 13.6 Å². The molecule has 0 aromatic carbocycles. The Morgan fingerprint density at radius 2 is 2.16 bits per heavy atom. The van der Waals surface area contributed by atoms with Crippen LogP contribution in [0.3, 0.4) is 0 Å². The Bertz CT molecular complexity index is 549. The average Bonchev–Trinajstić information content (AvgIpc) is 2.74. The van der Waals surface area contributed by atoms with E-state index in [0.717, 1.165) is 11.3 Å². The zero-order valence-electron chi connectivity index (χ0n) is 11.1. The van der Waals surface area contributed by atoms with Gasteiger partial charge in [0.25, 0.3) is 5.91 Å². The third-order valence-corrected chi connectivity index (χ3v) is 4.71. The number of nitrogens with two attached hydrogens (primary N) is 1. The van der Waals surface area contributed by atoms with E-state index in [0.29, 0.717) is 13.2 Å². The van der Waals surface area contributed by atoms with Gasteiger partial charge in [-0.3, -0.25) is 4.79 Å². The summed E-state index contributed by atoms with van der Waals surface area (Å²) in [5, 5.41) is 9.14. The largest absolute Gasteiger partial charge is 0.374 e. The molecule has 0 bridgehead atoms. The zero-order valence-corrected chi connectivity index (χ0v) is 12.7. The minimum Gasteiger partial charge on any atom is -0.374 e. The Kier molecular flexibility index (Phi) is 5.08. The molecule has 1 amide bonds. The summed E-state index contributed by atoms with van der Waals surface area (Å²) >= 11 is 0.923. The predicted molar refractivity (Wildman–Crippen MR) is 73.7 cm³/mol. The topological polar surface area (TPSA) is 98.5 Å². The van der Waals surface area contributed by atoms with Crippen molar-refractivity contribution in [3.63, 3.8) is 0 Å². The smallest absolute Gasteiger partial charge is 0.252 e. The molecule has 0 unspecified atom stereocenters. The number of nitrogens with one attached hydrogen (secondary N) is 1. The molecular weight excluding hydrogens is 288 g/mol. The first-order chi connectivity index (χ1) is 8.65. The molecule has 0 atom stereocenters. The number of carbonyl (C=O) groups excluding carboxylic acids is 1. The highest BCUT2D eigenvalue weighted by Crippen LogP contribution is 2.18. The lowest BCUT2D eigenvalue weighted by atomic mass is 10.1. The molecule has 6 nitrogen and oxygen atoms in total. The maximum atomic E-state index is 11.8. The first kappa shape index (κ1) is 16.1. The van der Waals surface area contributed by atoms with Gasteiger partial charge in [-0.1, -0.05) is 0 Å². The Labute approximate surface area is 117 Å². The second-order valence-electron chi connectivity index (χ2n) is 4.57. The van der Waals surface area contributed by atoms with Crippen LogP contribution in [0.4, 0.5) is 0 Å². The van der Waals surface area contributed by atoms with Gasteiger partial charge in [0.1, 0.15) is 4.21 Å². The van der Waals surface area contributed by atoms with Crippen molar-refractivity contribution < 1.29 is 17.9 Å². The Morgan fingerprint density at radius 3 is 2.63 bits per heavy atom. The summed E-state index contributed by atoms with van der Waals surface area (Å²) in [6.07, 6.45) is 0. The fraction of sp³-hybridized carbons (Fsp3) is 0.545. The number of primary sulfonamides is 1. The van der Waals surface area contributed by atoms with Crippen LogP contribution in [0.25, 0.3) is 0 Å². The summed E-state index contributed by atoms with van der Waals surface area (Å²) in [6, 6.07) is 1.27. The number of ether oxygens (including phenoxy) is 1. The molecule has 0 fully saturated rings. The minimum absolute atomic E-state index is 0.0262. The van der Waals surface area contributed by atoms with E-state index >= 15 is 0 Å². The van der Waals surface area contributed by atoms with E-state index in [-0.39, 0.29) is 15.7 Å². The highest BCUT2D eigenvalue weighted by Gasteiger charge is 2.20. The number of carbonyl (C=O) groups is 1. The van der Waals surface area contributed by atoms with Crippen LogP contribution in [0, 0.1) is 0 Å². The van der Waals surface area contributed by atoms with E-state index < -0.39 is 15.6 Å². The van der Waals surface area contributed by atoms with Gasteiger partial charge in [-0.15, -0.1) is 11.3 Å². The normalized spacial score (nSPS) is 12.4. The first-order valence-corrected chi connectivity index (χ1v) is 8.12. The number of rotatable bonds is 6. The number of sulfonamides is 1. The summed E-state index contributed by atoms with van der Waals surface area (Å²) in [5.74, 6) is -0.348. The van der Waals surface area contributed by atoms with Crippen LogP contribution >= 0.6 is 11.3 Å². The Hall–Kier alpha value is -0.960. The third-order valence-electron chi connectivity index (χ3n) is 2.33. The standard InChI is InChI=1S/C11H18N2O4S2/c1-4-17-11(2,3)7-13-10(14)8-5-9(18-6-8)19(12,15)16/h5-6H,4,7H2,1-3H3,(H,13,14)(H2,12,15,16). The van der Waals surface area contributed by atoms with Gasteiger partial charge in [0.05, 0.1) is 11.2 Å². The van der Waals surface area contributed by atoms with Gasteiger partial charge in [0.15, 0.2) is 0 Å². The molecule has 8 heteroatoms. The molecule has 3 N–H and O–H groups in total. The van der Waals surface area contributed by atoms with E-state index in [1.807, 2.05) is 20.8 Å². The molecule has 1 heterocycles. The molecule has 1 rings (SSSR count). The van der Waals surface area contributed by atoms with Gasteiger partial charge in [-0.05, 0) is 26.8 Å². The molecule has 0 radical (unpaired) electrons. The minimum atomic E-state index is -3.75. The zero-order chi connectivity index (χ0) is 14.7. The van der Waals surface area contributed by atoms with Crippen LogP contribution in [0.5, 0.6) is 0 Å². The molecule has 1 aromatic rings. The molecule has 1 aromatic heterocycles. The van der Waals surface area contributed by atoms with E-state index in [9.17, 15) is 13.2 Å².